The summed E-state index contributed by atoms with van der Waals surface area (Å²) >= 11 is 0. The van der Waals surface area contributed by atoms with Crippen LogP contribution in [0.15, 0.2) is 41.0 Å². The highest BCUT2D eigenvalue weighted by molar-refractivity contribution is 6.28. The summed E-state index contributed by atoms with van der Waals surface area (Å²) in [5, 5.41) is 0. The van der Waals surface area contributed by atoms with Crippen LogP contribution in [0.5, 0.6) is 0 Å². The van der Waals surface area contributed by atoms with E-state index in [4.69, 9.17) is 0 Å². The van der Waals surface area contributed by atoms with Crippen LogP contribution in [0.3, 0.4) is 0 Å². The van der Waals surface area contributed by atoms with E-state index in [9.17, 15) is 18.0 Å². The Morgan fingerprint density at radius 3 is 2.23 bits per heavy atom. The van der Waals surface area contributed by atoms with Gasteiger partial charge in [0, 0.05) is 17.5 Å². The van der Waals surface area contributed by atoms with Crippen molar-refractivity contribution >= 4 is 12.0 Å². The second-order valence-corrected chi connectivity index (χ2v) is 7.06. The zero-order valence-electron chi connectivity index (χ0n) is 16.1. The van der Waals surface area contributed by atoms with Crippen molar-refractivity contribution in [1.82, 2.24) is 0 Å². The number of rotatable bonds is 5. The Bertz CT molecular complexity index is 655. The lowest BCUT2D eigenvalue weighted by Gasteiger charge is -2.15. The highest BCUT2D eigenvalue weighted by Crippen LogP contribution is 2.33. The first-order valence-electron chi connectivity index (χ1n) is 8.97. The molecule has 0 aromatic heterocycles. The number of carbonyl (C=O) groups is 1. The van der Waals surface area contributed by atoms with Crippen molar-refractivity contribution in [3.05, 3.63) is 47.2 Å². The van der Waals surface area contributed by atoms with Crippen molar-refractivity contribution in [3.8, 4) is 0 Å². The first-order chi connectivity index (χ1) is 12.1. The zero-order valence-corrected chi connectivity index (χ0v) is 16.1. The summed E-state index contributed by atoms with van der Waals surface area (Å²) < 4.78 is 38.3. The van der Waals surface area contributed by atoms with E-state index in [1.54, 1.807) is 39.8 Å². The Hall–Kier alpha value is -1.91. The first-order valence-corrected chi connectivity index (χ1v) is 8.97. The summed E-state index contributed by atoms with van der Waals surface area (Å²) in [6, 6.07) is 5.17. The number of aliphatic imine (C=N–C) groups is 1. The quantitative estimate of drug-likeness (QED) is 0.552. The maximum Gasteiger partial charge on any atom is 0.416 e. The molecule has 2 nitrogen and oxygen atoms in total. The van der Waals surface area contributed by atoms with Gasteiger partial charge >= 0.3 is 6.18 Å². The smallest absolute Gasteiger partial charge is 0.293 e. The number of carbonyl (C=O) groups excluding carboxylic acids is 1. The molecular weight excluding hydrogens is 339 g/mol. The summed E-state index contributed by atoms with van der Waals surface area (Å²) in [6.45, 7) is 9.32. The predicted octanol–water partition coefficient (Wildman–Crippen LogP) is 6.42. The van der Waals surface area contributed by atoms with Gasteiger partial charge in [-0.25, -0.2) is 0 Å². The third-order valence-corrected chi connectivity index (χ3v) is 4.23. The Morgan fingerprint density at radius 2 is 1.81 bits per heavy atom. The van der Waals surface area contributed by atoms with Gasteiger partial charge in [0.05, 0.1) is 11.8 Å². The van der Waals surface area contributed by atoms with Crippen LogP contribution in [0.2, 0.25) is 0 Å². The highest BCUT2D eigenvalue weighted by Gasteiger charge is 2.30. The Labute approximate surface area is 154 Å². The van der Waals surface area contributed by atoms with Gasteiger partial charge in [0.15, 0.2) is 5.78 Å². The van der Waals surface area contributed by atoms with Crippen LogP contribution in [0.1, 0.15) is 64.5 Å². The number of benzene rings is 1. The lowest BCUT2D eigenvalue weighted by atomic mass is 9.95. The molecule has 5 heteroatoms. The third-order valence-electron chi connectivity index (χ3n) is 4.23. The number of allylic oxidation sites excluding steroid dienone is 2. The van der Waals surface area contributed by atoms with Gasteiger partial charge < -0.3 is 0 Å². The molecule has 144 valence electrons. The summed E-state index contributed by atoms with van der Waals surface area (Å²) in [5.74, 6) is 0.477. The van der Waals surface area contributed by atoms with E-state index in [1.165, 1.54) is 25.1 Å². The number of ketones is 1. The van der Waals surface area contributed by atoms with E-state index in [1.807, 2.05) is 0 Å². The monoisotopic (exact) mass is 367 g/mol. The van der Waals surface area contributed by atoms with Crippen molar-refractivity contribution in [2.75, 3.05) is 0 Å². The maximum absolute atomic E-state index is 12.8. The molecule has 1 unspecified atom stereocenters. The largest absolute Gasteiger partial charge is 0.416 e. The van der Waals surface area contributed by atoms with Crippen molar-refractivity contribution in [3.63, 3.8) is 0 Å². The highest BCUT2D eigenvalue weighted by atomic mass is 19.4. The van der Waals surface area contributed by atoms with Crippen molar-refractivity contribution < 1.29 is 18.0 Å². The van der Waals surface area contributed by atoms with Gasteiger partial charge in [0.1, 0.15) is 0 Å². The fourth-order valence-electron chi connectivity index (χ4n) is 2.05. The van der Waals surface area contributed by atoms with Crippen LogP contribution in [0, 0.1) is 11.8 Å². The van der Waals surface area contributed by atoms with Gasteiger partial charge in [-0.1, -0.05) is 64.8 Å². The fraction of sp³-hybridized carbons (Fsp3) is 0.524. The molecule has 26 heavy (non-hydrogen) atoms. The number of halogens is 3. The number of hydrogen-bond donors (Lipinski definition) is 0. The molecule has 1 aromatic carbocycles. The Kier molecular flexibility index (Phi) is 8.25. The molecule has 0 saturated heterocycles. The molecule has 0 spiro atoms. The van der Waals surface area contributed by atoms with E-state index in [-0.39, 0.29) is 17.6 Å². The number of nitrogens with zero attached hydrogens (tertiary/aromatic N) is 1. The Morgan fingerprint density at radius 1 is 1.23 bits per heavy atom. The fourth-order valence-corrected chi connectivity index (χ4v) is 2.05. The summed E-state index contributed by atoms with van der Waals surface area (Å²) in [7, 11) is 0. The minimum atomic E-state index is -4.37. The second kappa shape index (κ2) is 9.70. The number of alkyl halides is 3. The average Bonchev–Trinajstić information content (AvgIpc) is 3.37. The molecule has 0 heterocycles. The summed E-state index contributed by atoms with van der Waals surface area (Å²) in [6.07, 6.45) is 1.54. The van der Waals surface area contributed by atoms with Crippen LogP contribution < -0.4 is 0 Å². The van der Waals surface area contributed by atoms with Crippen LogP contribution in [0.4, 0.5) is 13.2 Å². The molecule has 2 rings (SSSR count). The molecule has 1 atom stereocenters. The van der Waals surface area contributed by atoms with E-state index in [2.05, 4.69) is 11.9 Å². The average molecular weight is 367 g/mol. The van der Waals surface area contributed by atoms with Crippen molar-refractivity contribution in [2.24, 2.45) is 16.8 Å². The minimum absolute atomic E-state index is 0.115. The lowest BCUT2D eigenvalue weighted by Crippen LogP contribution is -2.09. The molecule has 0 N–H and O–H groups in total. The molecule has 0 amide bonds. The SMILES string of the molecule is C/C=C(\N=CC(=O)C(C)C)C(C)c1cccc(C(F)(F)F)c1.CC1CC1. The second-order valence-electron chi connectivity index (χ2n) is 7.06. The molecule has 1 aromatic rings. The molecule has 0 bridgehead atoms. The molecule has 1 aliphatic rings. The minimum Gasteiger partial charge on any atom is -0.293 e. The summed E-state index contributed by atoms with van der Waals surface area (Å²) in [4.78, 5) is 15.7. The van der Waals surface area contributed by atoms with E-state index in [0.717, 1.165) is 18.1 Å². The standard InChI is InChI=1S/C17H20F3NO.C4H8/c1-5-15(21-10-16(22)11(2)3)12(4)13-7-6-8-14(9-13)17(18,19)20;1-4-2-3-4/h5-12H,1-4H3;4H,2-3H2,1H3/b15-5-,21-10?;. The molecule has 1 saturated carbocycles. The maximum atomic E-state index is 12.8. The summed E-state index contributed by atoms with van der Waals surface area (Å²) in [5.41, 5.74) is 0.389. The Balaban J connectivity index is 0.000000739. The van der Waals surface area contributed by atoms with Crippen LogP contribution >= 0.6 is 0 Å². The molecule has 0 radical (unpaired) electrons. The van der Waals surface area contributed by atoms with Crippen molar-refractivity contribution in [1.29, 1.82) is 0 Å². The van der Waals surface area contributed by atoms with E-state index in [0.29, 0.717) is 11.3 Å². The van der Waals surface area contributed by atoms with Gasteiger partial charge in [0.25, 0.3) is 0 Å². The van der Waals surface area contributed by atoms with Gasteiger partial charge in [-0.05, 0) is 24.5 Å². The first kappa shape index (κ1) is 22.1. The van der Waals surface area contributed by atoms with Gasteiger partial charge in [-0.3, -0.25) is 9.79 Å². The molecule has 0 aliphatic heterocycles. The van der Waals surface area contributed by atoms with Gasteiger partial charge in [0.2, 0.25) is 0 Å². The van der Waals surface area contributed by atoms with E-state index >= 15 is 0 Å². The lowest BCUT2D eigenvalue weighted by molar-refractivity contribution is -0.137. The van der Waals surface area contributed by atoms with Crippen LogP contribution in [-0.2, 0) is 11.0 Å². The molecule has 1 aliphatic carbocycles. The molecular formula is C21H28F3NO. The third kappa shape index (κ3) is 7.54. The zero-order chi connectivity index (χ0) is 19.9. The normalized spacial score (nSPS) is 16.4. The number of Topliss-reactive ketones (excluding diaryl/α,β-unsaturated/α-hetero) is 1. The van der Waals surface area contributed by atoms with Crippen LogP contribution in [-0.4, -0.2) is 12.0 Å². The van der Waals surface area contributed by atoms with E-state index < -0.39 is 11.7 Å². The van der Waals surface area contributed by atoms with Crippen molar-refractivity contribution in [2.45, 2.75) is 59.6 Å². The van der Waals surface area contributed by atoms with Gasteiger partial charge in [-0.2, -0.15) is 13.2 Å². The number of hydrogen-bond acceptors (Lipinski definition) is 2. The molecule has 1 fully saturated rings. The topological polar surface area (TPSA) is 29.4 Å². The van der Waals surface area contributed by atoms with Gasteiger partial charge in [-0.15, -0.1) is 0 Å². The predicted molar refractivity (Wildman–Crippen MR) is 100 cm³/mol. The van der Waals surface area contributed by atoms with Crippen LogP contribution in [0.25, 0.3) is 0 Å².